The predicted molar refractivity (Wildman–Crippen MR) is 58.5 cm³/mol. The smallest absolute Gasteiger partial charge is 0.138 e. The van der Waals surface area contributed by atoms with E-state index in [2.05, 4.69) is 32.9 Å². The van der Waals surface area contributed by atoms with Gasteiger partial charge in [0.2, 0.25) is 0 Å². The van der Waals surface area contributed by atoms with Crippen LogP contribution in [-0.2, 0) is 0 Å². The first-order chi connectivity index (χ1) is 6.74. The summed E-state index contributed by atoms with van der Waals surface area (Å²) >= 11 is 3.29. The summed E-state index contributed by atoms with van der Waals surface area (Å²) in [4.78, 5) is 6.39. The van der Waals surface area contributed by atoms with E-state index in [-0.39, 0.29) is 0 Å². The molecule has 0 aliphatic carbocycles. The topological polar surface area (TPSA) is 25.4 Å². The van der Waals surface area contributed by atoms with Crippen LogP contribution in [0.15, 0.2) is 22.9 Å². The third-order valence-electron chi connectivity index (χ3n) is 2.35. The van der Waals surface area contributed by atoms with Crippen LogP contribution >= 0.6 is 15.9 Å². The second-order valence-electron chi connectivity index (χ2n) is 3.61. The summed E-state index contributed by atoms with van der Waals surface area (Å²) in [7, 11) is 2.11. The Bertz CT molecular complexity index is 301. The lowest BCUT2D eigenvalue weighted by Crippen LogP contribution is -2.21. The second kappa shape index (κ2) is 4.28. The highest BCUT2D eigenvalue weighted by atomic mass is 79.9. The van der Waals surface area contributed by atoms with Crippen LogP contribution in [0.1, 0.15) is 6.42 Å². The van der Waals surface area contributed by atoms with Crippen LogP contribution in [0.5, 0.6) is 5.75 Å². The van der Waals surface area contributed by atoms with Gasteiger partial charge in [0.05, 0.1) is 6.20 Å². The lowest BCUT2D eigenvalue weighted by molar-refractivity contribution is 0.207. The highest BCUT2D eigenvalue weighted by Crippen LogP contribution is 2.18. The molecule has 14 heavy (non-hydrogen) atoms. The Morgan fingerprint density at radius 2 is 2.43 bits per heavy atom. The number of pyridine rings is 1. The molecule has 0 saturated carbocycles. The molecule has 0 radical (unpaired) electrons. The van der Waals surface area contributed by atoms with Gasteiger partial charge in [0.25, 0.3) is 0 Å². The van der Waals surface area contributed by atoms with Gasteiger partial charge in [-0.3, -0.25) is 0 Å². The molecular formula is C10H13BrN2O. The molecular weight excluding hydrogens is 244 g/mol. The Morgan fingerprint density at radius 3 is 3.00 bits per heavy atom. The summed E-state index contributed by atoms with van der Waals surface area (Å²) in [6, 6.07) is 3.84. The molecule has 1 aromatic rings. The van der Waals surface area contributed by atoms with Gasteiger partial charge in [0.15, 0.2) is 0 Å². The molecule has 2 heterocycles. The maximum Gasteiger partial charge on any atom is 0.138 e. The van der Waals surface area contributed by atoms with E-state index >= 15 is 0 Å². The van der Waals surface area contributed by atoms with Crippen molar-refractivity contribution >= 4 is 15.9 Å². The molecule has 1 aromatic heterocycles. The molecule has 1 aliphatic heterocycles. The van der Waals surface area contributed by atoms with Crippen molar-refractivity contribution in [3.8, 4) is 5.75 Å². The summed E-state index contributed by atoms with van der Waals surface area (Å²) in [5.74, 6) is 0.855. The number of hydrogen-bond donors (Lipinski definition) is 0. The summed E-state index contributed by atoms with van der Waals surface area (Å²) in [6.07, 6.45) is 3.18. The summed E-state index contributed by atoms with van der Waals surface area (Å²) in [5, 5.41) is 0. The molecule has 2 rings (SSSR count). The maximum absolute atomic E-state index is 5.78. The van der Waals surface area contributed by atoms with E-state index in [1.165, 1.54) is 0 Å². The van der Waals surface area contributed by atoms with Crippen molar-refractivity contribution in [3.63, 3.8) is 0 Å². The minimum Gasteiger partial charge on any atom is -0.487 e. The monoisotopic (exact) mass is 256 g/mol. The fourth-order valence-corrected chi connectivity index (χ4v) is 1.85. The quantitative estimate of drug-likeness (QED) is 0.757. The molecule has 0 N–H and O–H groups in total. The van der Waals surface area contributed by atoms with Gasteiger partial charge >= 0.3 is 0 Å². The Labute approximate surface area is 92.2 Å². The molecule has 0 aromatic carbocycles. The number of aromatic nitrogens is 1. The lowest BCUT2D eigenvalue weighted by atomic mass is 10.3. The van der Waals surface area contributed by atoms with Crippen LogP contribution in [0.25, 0.3) is 0 Å². The molecule has 1 saturated heterocycles. The molecule has 1 aliphatic rings. The Kier molecular flexibility index (Phi) is 3.03. The molecule has 3 nitrogen and oxygen atoms in total. The van der Waals surface area contributed by atoms with E-state index in [4.69, 9.17) is 4.74 Å². The van der Waals surface area contributed by atoms with Gasteiger partial charge < -0.3 is 9.64 Å². The fourth-order valence-electron chi connectivity index (χ4n) is 1.62. The number of ether oxygens (including phenoxy) is 1. The molecule has 0 spiro atoms. The predicted octanol–water partition coefficient (Wildman–Crippen LogP) is 1.93. The number of likely N-dealkylation sites (N-methyl/N-ethyl adjacent to an activating group) is 1. The standard InChI is InChI=1S/C10H13BrN2O/c1-13-5-4-9(7-13)14-8-2-3-10(11)12-6-8/h2-3,6,9H,4-5,7H2,1H3. The molecule has 0 amide bonds. The van der Waals surface area contributed by atoms with E-state index in [9.17, 15) is 0 Å². The van der Waals surface area contributed by atoms with Gasteiger partial charge in [-0.25, -0.2) is 4.98 Å². The first kappa shape index (κ1) is 9.93. The number of rotatable bonds is 2. The van der Waals surface area contributed by atoms with Gasteiger partial charge in [-0.1, -0.05) is 0 Å². The van der Waals surface area contributed by atoms with Crippen LogP contribution < -0.4 is 4.74 Å². The average molecular weight is 257 g/mol. The first-order valence-corrected chi connectivity index (χ1v) is 5.50. The molecule has 76 valence electrons. The van der Waals surface area contributed by atoms with Crippen molar-refractivity contribution < 1.29 is 4.74 Å². The summed E-state index contributed by atoms with van der Waals surface area (Å²) < 4.78 is 6.62. The SMILES string of the molecule is CN1CCC(Oc2ccc(Br)nc2)C1. The third-order valence-corrected chi connectivity index (χ3v) is 2.82. The zero-order chi connectivity index (χ0) is 9.97. The highest BCUT2D eigenvalue weighted by Gasteiger charge is 2.20. The zero-order valence-corrected chi connectivity index (χ0v) is 9.70. The maximum atomic E-state index is 5.78. The van der Waals surface area contributed by atoms with E-state index in [1.54, 1.807) is 6.20 Å². The first-order valence-electron chi connectivity index (χ1n) is 4.71. The molecule has 4 heteroatoms. The summed E-state index contributed by atoms with van der Waals surface area (Å²) in [6.45, 7) is 2.13. The van der Waals surface area contributed by atoms with Crippen molar-refractivity contribution in [3.05, 3.63) is 22.9 Å². The van der Waals surface area contributed by atoms with Crippen LogP contribution in [0.3, 0.4) is 0 Å². The second-order valence-corrected chi connectivity index (χ2v) is 4.42. The van der Waals surface area contributed by atoms with Crippen molar-refractivity contribution in [2.75, 3.05) is 20.1 Å². The number of nitrogens with zero attached hydrogens (tertiary/aromatic N) is 2. The van der Waals surface area contributed by atoms with E-state index in [0.717, 1.165) is 29.9 Å². The van der Waals surface area contributed by atoms with Gasteiger partial charge in [-0.2, -0.15) is 0 Å². The van der Waals surface area contributed by atoms with Crippen LogP contribution in [0.4, 0.5) is 0 Å². The van der Waals surface area contributed by atoms with Crippen molar-refractivity contribution in [1.82, 2.24) is 9.88 Å². The number of halogens is 1. The third kappa shape index (κ3) is 2.45. The van der Waals surface area contributed by atoms with E-state index in [0.29, 0.717) is 6.10 Å². The van der Waals surface area contributed by atoms with Crippen molar-refractivity contribution in [1.29, 1.82) is 0 Å². The minimum atomic E-state index is 0.322. The van der Waals surface area contributed by atoms with Crippen LogP contribution in [0, 0.1) is 0 Å². The van der Waals surface area contributed by atoms with E-state index in [1.807, 2.05) is 12.1 Å². The van der Waals surface area contributed by atoms with Crippen LogP contribution in [-0.4, -0.2) is 36.1 Å². The lowest BCUT2D eigenvalue weighted by Gasteiger charge is -2.13. The van der Waals surface area contributed by atoms with Crippen LogP contribution in [0.2, 0.25) is 0 Å². The molecule has 1 atom stereocenters. The molecule has 1 fully saturated rings. The highest BCUT2D eigenvalue weighted by molar-refractivity contribution is 9.10. The fraction of sp³-hybridized carbons (Fsp3) is 0.500. The van der Waals surface area contributed by atoms with Gasteiger partial charge in [0.1, 0.15) is 16.5 Å². The minimum absolute atomic E-state index is 0.322. The molecule has 1 unspecified atom stereocenters. The van der Waals surface area contributed by atoms with Gasteiger partial charge in [0, 0.05) is 13.1 Å². The largest absolute Gasteiger partial charge is 0.487 e. The molecule has 0 bridgehead atoms. The average Bonchev–Trinajstić information content (AvgIpc) is 2.56. The van der Waals surface area contributed by atoms with Crippen molar-refractivity contribution in [2.24, 2.45) is 0 Å². The van der Waals surface area contributed by atoms with Gasteiger partial charge in [-0.05, 0) is 41.5 Å². The number of likely N-dealkylation sites (tertiary alicyclic amines) is 1. The Hall–Kier alpha value is -0.610. The Balaban J connectivity index is 1.94. The zero-order valence-electron chi connectivity index (χ0n) is 8.11. The van der Waals surface area contributed by atoms with Gasteiger partial charge in [-0.15, -0.1) is 0 Å². The Morgan fingerprint density at radius 1 is 1.57 bits per heavy atom. The normalized spacial score (nSPS) is 22.6. The van der Waals surface area contributed by atoms with Crippen molar-refractivity contribution in [2.45, 2.75) is 12.5 Å². The number of hydrogen-bond acceptors (Lipinski definition) is 3. The summed E-state index contributed by atoms with van der Waals surface area (Å²) in [5.41, 5.74) is 0. The van der Waals surface area contributed by atoms with E-state index < -0.39 is 0 Å².